The summed E-state index contributed by atoms with van der Waals surface area (Å²) in [6.45, 7) is 3.24. The Kier molecular flexibility index (Phi) is 8.50. The largest absolute Gasteiger partial charge is 0.497 e. The van der Waals surface area contributed by atoms with Gasteiger partial charge in [-0.25, -0.2) is 0 Å². The Bertz CT molecular complexity index is 1020. The second-order valence-corrected chi connectivity index (χ2v) is 9.37. The summed E-state index contributed by atoms with van der Waals surface area (Å²) in [4.78, 5) is 28.3. The van der Waals surface area contributed by atoms with E-state index in [1.807, 2.05) is 49.4 Å². The predicted molar refractivity (Wildman–Crippen MR) is 134 cm³/mol. The van der Waals surface area contributed by atoms with E-state index < -0.39 is 6.04 Å². The van der Waals surface area contributed by atoms with Crippen LogP contribution in [-0.4, -0.2) is 49.1 Å². The number of nitrogens with one attached hydrogen (secondary N) is 1. The van der Waals surface area contributed by atoms with Gasteiger partial charge in [0, 0.05) is 19.0 Å². The van der Waals surface area contributed by atoms with Crippen molar-refractivity contribution in [2.24, 2.45) is 0 Å². The highest BCUT2D eigenvalue weighted by Crippen LogP contribution is 2.31. The molecule has 7 heteroatoms. The summed E-state index contributed by atoms with van der Waals surface area (Å²) in [5.74, 6) is 2.03. The number of carbonyl (C=O) groups is 2. The van der Waals surface area contributed by atoms with Gasteiger partial charge < -0.3 is 24.4 Å². The third-order valence-corrected chi connectivity index (χ3v) is 6.84. The third-order valence-electron chi connectivity index (χ3n) is 6.84. The Morgan fingerprint density at radius 1 is 1.03 bits per heavy atom. The van der Waals surface area contributed by atoms with Crippen molar-refractivity contribution in [2.45, 2.75) is 70.5 Å². The molecule has 2 aromatic rings. The van der Waals surface area contributed by atoms with Gasteiger partial charge in [-0.15, -0.1) is 0 Å². The molecule has 0 aromatic heterocycles. The summed E-state index contributed by atoms with van der Waals surface area (Å²) in [6.07, 6.45) is 6.37. The second kappa shape index (κ2) is 12.0. The van der Waals surface area contributed by atoms with Crippen LogP contribution < -0.4 is 19.5 Å². The molecule has 1 aliphatic heterocycles. The standard InChI is InChI=1S/C28H36N2O5/c1-20(28(32)29-23-8-4-3-5-9-23)30(19-22-7-6-10-24(17-22)33-2)27(31)14-12-21-11-13-25-26(18-21)35-16-15-34-25/h6-7,10-11,13,17-18,20,23H,3-5,8-9,12,14-16,19H2,1-2H3,(H,29,32)/t20-/m1/s1. The van der Waals surface area contributed by atoms with Crippen LogP contribution in [0, 0.1) is 0 Å². The smallest absolute Gasteiger partial charge is 0.242 e. The van der Waals surface area contributed by atoms with E-state index in [2.05, 4.69) is 5.32 Å². The van der Waals surface area contributed by atoms with Gasteiger partial charge in [-0.1, -0.05) is 37.5 Å². The van der Waals surface area contributed by atoms with Crippen LogP contribution in [0.4, 0.5) is 0 Å². The molecule has 0 bridgehead atoms. The number of carbonyl (C=O) groups excluding carboxylic acids is 2. The van der Waals surface area contributed by atoms with E-state index in [-0.39, 0.29) is 17.9 Å². The number of benzene rings is 2. The maximum Gasteiger partial charge on any atom is 0.242 e. The van der Waals surface area contributed by atoms with Crippen LogP contribution in [0.3, 0.4) is 0 Å². The summed E-state index contributed by atoms with van der Waals surface area (Å²) in [6, 6.07) is 13.1. The fourth-order valence-electron chi connectivity index (χ4n) is 4.76. The van der Waals surface area contributed by atoms with Gasteiger partial charge in [-0.05, 0) is 61.6 Å². The Morgan fingerprint density at radius 3 is 2.57 bits per heavy atom. The van der Waals surface area contributed by atoms with Crippen molar-refractivity contribution in [1.82, 2.24) is 10.2 Å². The first-order chi connectivity index (χ1) is 17.0. The maximum atomic E-state index is 13.5. The van der Waals surface area contributed by atoms with E-state index in [0.29, 0.717) is 32.6 Å². The number of ether oxygens (including phenoxy) is 3. The van der Waals surface area contributed by atoms with Crippen LogP contribution >= 0.6 is 0 Å². The van der Waals surface area contributed by atoms with Gasteiger partial charge in [0.05, 0.1) is 7.11 Å². The van der Waals surface area contributed by atoms with Crippen molar-refractivity contribution in [1.29, 1.82) is 0 Å². The summed E-state index contributed by atoms with van der Waals surface area (Å²) in [5.41, 5.74) is 1.93. The highest BCUT2D eigenvalue weighted by molar-refractivity contribution is 5.87. The van der Waals surface area contributed by atoms with Gasteiger partial charge >= 0.3 is 0 Å². The summed E-state index contributed by atoms with van der Waals surface area (Å²) in [5, 5.41) is 3.18. The van der Waals surface area contributed by atoms with Crippen LogP contribution in [-0.2, 0) is 22.6 Å². The first-order valence-electron chi connectivity index (χ1n) is 12.6. The molecule has 4 rings (SSSR count). The molecule has 0 radical (unpaired) electrons. The fraction of sp³-hybridized carbons (Fsp3) is 0.500. The highest BCUT2D eigenvalue weighted by Gasteiger charge is 2.28. The zero-order valence-corrected chi connectivity index (χ0v) is 20.8. The van der Waals surface area contributed by atoms with Crippen molar-refractivity contribution in [2.75, 3.05) is 20.3 Å². The van der Waals surface area contributed by atoms with Gasteiger partial charge in [0.15, 0.2) is 11.5 Å². The first kappa shape index (κ1) is 24.9. The third kappa shape index (κ3) is 6.68. The van der Waals surface area contributed by atoms with Gasteiger partial charge in [0.1, 0.15) is 25.0 Å². The lowest BCUT2D eigenvalue weighted by molar-refractivity contribution is -0.141. The zero-order chi connectivity index (χ0) is 24.6. The molecule has 188 valence electrons. The Hall–Kier alpha value is -3.22. The van der Waals surface area contributed by atoms with Crippen molar-refractivity contribution < 1.29 is 23.8 Å². The molecule has 1 fully saturated rings. The zero-order valence-electron chi connectivity index (χ0n) is 20.8. The van der Waals surface area contributed by atoms with Crippen molar-refractivity contribution in [3.63, 3.8) is 0 Å². The van der Waals surface area contributed by atoms with Gasteiger partial charge in [0.2, 0.25) is 11.8 Å². The van der Waals surface area contributed by atoms with E-state index in [1.54, 1.807) is 12.0 Å². The van der Waals surface area contributed by atoms with Crippen LogP contribution in [0.2, 0.25) is 0 Å². The number of rotatable bonds is 9. The summed E-state index contributed by atoms with van der Waals surface area (Å²) < 4.78 is 16.6. The number of aryl methyl sites for hydroxylation is 1. The number of nitrogens with zero attached hydrogens (tertiary/aromatic N) is 1. The molecule has 1 N–H and O–H groups in total. The van der Waals surface area contributed by atoms with E-state index in [0.717, 1.165) is 54.1 Å². The maximum absolute atomic E-state index is 13.5. The minimum atomic E-state index is -0.573. The number of hydrogen-bond donors (Lipinski definition) is 1. The first-order valence-corrected chi connectivity index (χ1v) is 12.6. The molecule has 35 heavy (non-hydrogen) atoms. The number of methoxy groups -OCH3 is 1. The minimum Gasteiger partial charge on any atom is -0.497 e. The lowest BCUT2D eigenvalue weighted by Gasteiger charge is -2.31. The molecule has 1 heterocycles. The summed E-state index contributed by atoms with van der Waals surface area (Å²) in [7, 11) is 1.62. The molecule has 7 nitrogen and oxygen atoms in total. The van der Waals surface area contributed by atoms with Gasteiger partial charge in [-0.2, -0.15) is 0 Å². The molecule has 1 aliphatic carbocycles. The molecule has 1 saturated carbocycles. The van der Waals surface area contributed by atoms with Crippen LogP contribution in [0.1, 0.15) is 56.6 Å². The Labute approximate surface area is 207 Å². The molecule has 2 amide bonds. The average Bonchev–Trinajstić information content (AvgIpc) is 2.90. The second-order valence-electron chi connectivity index (χ2n) is 9.37. The lowest BCUT2D eigenvalue weighted by atomic mass is 9.95. The normalized spacial score (nSPS) is 16.3. The summed E-state index contributed by atoms with van der Waals surface area (Å²) >= 11 is 0. The van der Waals surface area contributed by atoms with Crippen LogP contribution in [0.15, 0.2) is 42.5 Å². The quantitative estimate of drug-likeness (QED) is 0.580. The van der Waals surface area contributed by atoms with E-state index in [9.17, 15) is 9.59 Å². The monoisotopic (exact) mass is 480 g/mol. The molecule has 0 spiro atoms. The Morgan fingerprint density at radius 2 is 1.80 bits per heavy atom. The van der Waals surface area contributed by atoms with Crippen molar-refractivity contribution in [3.8, 4) is 17.2 Å². The SMILES string of the molecule is COc1cccc(CN(C(=O)CCc2ccc3c(c2)OCCO3)[C@H](C)C(=O)NC2CCCCC2)c1. The van der Waals surface area contributed by atoms with Gasteiger partial charge in [-0.3, -0.25) is 9.59 Å². The van der Waals surface area contributed by atoms with Crippen molar-refractivity contribution in [3.05, 3.63) is 53.6 Å². The molecule has 0 unspecified atom stereocenters. The Balaban J connectivity index is 1.45. The minimum absolute atomic E-state index is 0.0611. The van der Waals surface area contributed by atoms with E-state index in [4.69, 9.17) is 14.2 Å². The molecule has 2 aliphatic rings. The van der Waals surface area contributed by atoms with Crippen molar-refractivity contribution >= 4 is 11.8 Å². The molecule has 0 saturated heterocycles. The van der Waals surface area contributed by atoms with Crippen LogP contribution in [0.25, 0.3) is 0 Å². The molecular formula is C28H36N2O5. The molecular weight excluding hydrogens is 444 g/mol. The predicted octanol–water partition coefficient (Wildman–Crippen LogP) is 4.27. The van der Waals surface area contributed by atoms with E-state index >= 15 is 0 Å². The molecule has 1 atom stereocenters. The molecule has 2 aromatic carbocycles. The van der Waals surface area contributed by atoms with Crippen LogP contribution in [0.5, 0.6) is 17.2 Å². The van der Waals surface area contributed by atoms with E-state index in [1.165, 1.54) is 6.42 Å². The fourth-order valence-corrected chi connectivity index (χ4v) is 4.76. The highest BCUT2D eigenvalue weighted by atomic mass is 16.6. The lowest BCUT2D eigenvalue weighted by Crippen LogP contribution is -2.50. The number of fused-ring (bicyclic) bond motifs is 1. The topological polar surface area (TPSA) is 77.1 Å². The van der Waals surface area contributed by atoms with Gasteiger partial charge in [0.25, 0.3) is 0 Å². The number of hydrogen-bond acceptors (Lipinski definition) is 5. The number of amides is 2. The average molecular weight is 481 g/mol.